The minimum atomic E-state index is -3.78. The Morgan fingerprint density at radius 2 is 1.65 bits per heavy atom. The van der Waals surface area contributed by atoms with Gasteiger partial charge in [0.2, 0.25) is 10.0 Å². The Morgan fingerprint density at radius 3 is 2.32 bits per heavy atom. The van der Waals surface area contributed by atoms with E-state index in [-0.39, 0.29) is 55.2 Å². The Hall–Kier alpha value is -2.65. The van der Waals surface area contributed by atoms with Gasteiger partial charge in [0.15, 0.2) is 0 Å². The van der Waals surface area contributed by atoms with Gasteiger partial charge in [-0.05, 0) is 49.4 Å². The number of sulfonamides is 1. The average Bonchev–Trinajstić information content (AvgIpc) is 2.81. The molecule has 0 N–H and O–H groups in total. The Morgan fingerprint density at radius 1 is 1.00 bits per heavy atom. The normalized spacial score (nSPS) is 20.1. The van der Waals surface area contributed by atoms with E-state index in [1.54, 1.807) is 31.2 Å². The molecule has 2 aromatic rings. The van der Waals surface area contributed by atoms with Crippen LogP contribution < -0.4 is 0 Å². The van der Waals surface area contributed by atoms with Crippen LogP contribution in [-0.2, 0) is 37.3 Å². The molecule has 0 radical (unpaired) electrons. The highest BCUT2D eigenvalue weighted by atomic mass is 32.2. The highest BCUT2D eigenvalue weighted by molar-refractivity contribution is 7.89. The summed E-state index contributed by atoms with van der Waals surface area (Å²) in [5, 5.41) is -0.729. The number of carbonyl (C=O) groups is 2. The van der Waals surface area contributed by atoms with Gasteiger partial charge in [0.05, 0.1) is 13.5 Å². The number of halogens is 2. The van der Waals surface area contributed by atoms with E-state index in [1.165, 1.54) is 11.4 Å². The van der Waals surface area contributed by atoms with Gasteiger partial charge >= 0.3 is 5.97 Å². The fourth-order valence-corrected chi connectivity index (χ4v) is 6.39. The lowest BCUT2D eigenvalue weighted by Crippen LogP contribution is -2.44. The van der Waals surface area contributed by atoms with Crippen molar-refractivity contribution < 1.29 is 31.5 Å². The molecule has 9 heteroatoms. The first-order chi connectivity index (χ1) is 16.1. The zero-order chi connectivity index (χ0) is 24.9. The molecule has 0 bridgehead atoms. The number of rotatable bonds is 9. The molecule has 34 heavy (non-hydrogen) atoms. The molecule has 0 aliphatic carbocycles. The summed E-state index contributed by atoms with van der Waals surface area (Å²) in [7, 11) is -2.55. The molecule has 0 saturated carbocycles. The number of methoxy groups -OCH3 is 1. The maximum Gasteiger partial charge on any atom is 0.305 e. The Kier molecular flexibility index (Phi) is 8.54. The van der Waals surface area contributed by atoms with Gasteiger partial charge < -0.3 is 4.74 Å². The SMILES string of the molecule is COC(=O)CCC(=O)CCc1cc(F)c(CN2[C@@H](C)CC[C@H](c3ccccc3)S2(=O)=O)cc1F. The summed E-state index contributed by atoms with van der Waals surface area (Å²) in [5.74, 6) is -2.18. The first-order valence-electron chi connectivity index (χ1n) is 11.2. The highest BCUT2D eigenvalue weighted by Crippen LogP contribution is 2.38. The largest absolute Gasteiger partial charge is 0.469 e. The van der Waals surface area contributed by atoms with Crippen molar-refractivity contribution in [1.82, 2.24) is 4.31 Å². The minimum absolute atomic E-state index is 0.0163. The van der Waals surface area contributed by atoms with Crippen LogP contribution in [0.15, 0.2) is 42.5 Å². The second-order valence-corrected chi connectivity index (χ2v) is 10.6. The Bertz CT molecular complexity index is 1140. The van der Waals surface area contributed by atoms with Gasteiger partial charge in [-0.2, -0.15) is 4.31 Å². The lowest BCUT2D eigenvalue weighted by atomic mass is 10.0. The van der Waals surface area contributed by atoms with Crippen LogP contribution in [0.2, 0.25) is 0 Å². The van der Waals surface area contributed by atoms with E-state index in [1.807, 2.05) is 6.07 Å². The number of benzene rings is 2. The number of esters is 1. The first-order valence-corrected chi connectivity index (χ1v) is 12.7. The maximum absolute atomic E-state index is 14.9. The molecule has 2 aromatic carbocycles. The third kappa shape index (κ3) is 6.07. The lowest BCUT2D eigenvalue weighted by molar-refractivity contribution is -0.141. The lowest BCUT2D eigenvalue weighted by Gasteiger charge is -2.37. The third-order valence-corrected chi connectivity index (χ3v) is 8.62. The standard InChI is InChI=1S/C25H29F2NO5S/c1-17-8-12-24(18-6-4-3-5-7-18)34(31,32)28(17)16-20-15-22(26)19(14-23(20)27)9-10-21(29)11-13-25(30)33-2/h3-7,14-15,17,24H,8-13,16H2,1-2H3/t17-,24+/m0/s1. The molecular weight excluding hydrogens is 464 g/mol. The fraction of sp³-hybridized carbons (Fsp3) is 0.440. The van der Waals surface area contributed by atoms with E-state index in [9.17, 15) is 26.8 Å². The van der Waals surface area contributed by atoms with E-state index >= 15 is 0 Å². The van der Waals surface area contributed by atoms with Crippen molar-refractivity contribution in [3.63, 3.8) is 0 Å². The maximum atomic E-state index is 14.9. The van der Waals surface area contributed by atoms with Gasteiger partial charge in [-0.3, -0.25) is 9.59 Å². The van der Waals surface area contributed by atoms with Crippen molar-refractivity contribution in [1.29, 1.82) is 0 Å². The average molecular weight is 494 g/mol. The van der Waals surface area contributed by atoms with Crippen molar-refractivity contribution in [2.45, 2.75) is 63.3 Å². The monoisotopic (exact) mass is 493 g/mol. The van der Waals surface area contributed by atoms with E-state index in [0.717, 1.165) is 12.1 Å². The molecule has 6 nitrogen and oxygen atoms in total. The van der Waals surface area contributed by atoms with Crippen molar-refractivity contribution >= 4 is 21.8 Å². The van der Waals surface area contributed by atoms with Crippen molar-refractivity contribution in [2.24, 2.45) is 0 Å². The summed E-state index contributed by atoms with van der Waals surface area (Å²) < 4.78 is 62.0. The van der Waals surface area contributed by atoms with Gasteiger partial charge in [-0.1, -0.05) is 30.3 Å². The molecule has 2 atom stereocenters. The number of Topliss-reactive ketones (excluding diaryl/α,β-unsaturated/α-hetero) is 1. The van der Waals surface area contributed by atoms with Gasteiger partial charge in [0.25, 0.3) is 0 Å². The zero-order valence-corrected chi connectivity index (χ0v) is 20.1. The highest BCUT2D eigenvalue weighted by Gasteiger charge is 2.40. The minimum Gasteiger partial charge on any atom is -0.469 e. The Labute approximate surface area is 199 Å². The van der Waals surface area contributed by atoms with Crippen LogP contribution in [0, 0.1) is 11.6 Å². The van der Waals surface area contributed by atoms with E-state index in [2.05, 4.69) is 4.74 Å². The molecular formula is C25H29F2NO5S. The van der Waals surface area contributed by atoms with Crippen LogP contribution in [0.1, 0.15) is 61.0 Å². The summed E-state index contributed by atoms with van der Waals surface area (Å²) in [6, 6.07) is 10.6. The molecule has 0 unspecified atom stereocenters. The molecule has 1 fully saturated rings. The van der Waals surface area contributed by atoms with Crippen LogP contribution in [0.25, 0.3) is 0 Å². The molecule has 0 spiro atoms. The molecule has 184 valence electrons. The van der Waals surface area contributed by atoms with Gasteiger partial charge in [-0.25, -0.2) is 17.2 Å². The van der Waals surface area contributed by atoms with Crippen LogP contribution in [-0.4, -0.2) is 37.6 Å². The summed E-state index contributed by atoms with van der Waals surface area (Å²) in [6.07, 6.45) is 0.929. The molecule has 1 aliphatic rings. The van der Waals surface area contributed by atoms with Crippen molar-refractivity contribution in [2.75, 3.05) is 7.11 Å². The van der Waals surface area contributed by atoms with Crippen molar-refractivity contribution in [3.05, 3.63) is 70.8 Å². The first kappa shape index (κ1) is 26.0. The number of nitrogens with zero attached hydrogens (tertiary/aromatic N) is 1. The van der Waals surface area contributed by atoms with Gasteiger partial charge in [0.1, 0.15) is 22.7 Å². The summed E-state index contributed by atoms with van der Waals surface area (Å²) in [4.78, 5) is 23.0. The fourth-order valence-electron chi connectivity index (χ4n) is 4.20. The van der Waals surface area contributed by atoms with E-state index < -0.39 is 32.9 Å². The van der Waals surface area contributed by atoms with Gasteiger partial charge in [0, 0.05) is 31.0 Å². The summed E-state index contributed by atoms with van der Waals surface area (Å²) >= 11 is 0. The quantitative estimate of drug-likeness (QED) is 0.482. The summed E-state index contributed by atoms with van der Waals surface area (Å²) in [6.45, 7) is 1.50. The van der Waals surface area contributed by atoms with Crippen molar-refractivity contribution in [3.8, 4) is 0 Å². The predicted octanol–water partition coefficient (Wildman–Crippen LogP) is 4.48. The number of aryl methyl sites for hydroxylation is 1. The van der Waals surface area contributed by atoms with Crippen LogP contribution in [0.5, 0.6) is 0 Å². The Balaban J connectivity index is 1.73. The zero-order valence-electron chi connectivity index (χ0n) is 19.3. The molecule has 1 heterocycles. The molecule has 1 aliphatic heterocycles. The second kappa shape index (κ2) is 11.2. The third-order valence-electron chi connectivity index (χ3n) is 6.25. The summed E-state index contributed by atoms with van der Waals surface area (Å²) in [5.41, 5.74) is 0.657. The number of hydrogen-bond donors (Lipinski definition) is 0. The molecule has 1 saturated heterocycles. The number of carbonyl (C=O) groups excluding carboxylic acids is 2. The van der Waals surface area contributed by atoms with E-state index in [0.29, 0.717) is 18.4 Å². The number of ether oxygens (including phenoxy) is 1. The number of ketones is 1. The predicted molar refractivity (Wildman–Crippen MR) is 123 cm³/mol. The van der Waals surface area contributed by atoms with Crippen LogP contribution in [0.3, 0.4) is 0 Å². The second-order valence-electron chi connectivity index (χ2n) is 8.57. The molecule has 0 amide bonds. The van der Waals surface area contributed by atoms with E-state index in [4.69, 9.17) is 0 Å². The number of hydrogen-bond acceptors (Lipinski definition) is 5. The van der Waals surface area contributed by atoms with Gasteiger partial charge in [-0.15, -0.1) is 0 Å². The molecule has 3 rings (SSSR count). The van der Waals surface area contributed by atoms with Crippen LogP contribution >= 0.6 is 0 Å². The molecule has 0 aromatic heterocycles. The van der Waals surface area contributed by atoms with Crippen LogP contribution in [0.4, 0.5) is 8.78 Å². The topological polar surface area (TPSA) is 80.8 Å². The smallest absolute Gasteiger partial charge is 0.305 e.